The number of unbranched alkanes of at least 4 members (excludes halogenated alkanes) is 37. The van der Waals surface area contributed by atoms with Crippen LogP contribution in [0.4, 0.5) is 0 Å². The molecule has 522 valence electrons. The Kier molecular flexibility index (Phi) is 59.9. The van der Waals surface area contributed by atoms with E-state index in [1.165, 1.54) is 161 Å². The van der Waals surface area contributed by atoms with Crippen LogP contribution in [0.25, 0.3) is 0 Å². The highest BCUT2D eigenvalue weighted by atomic mass is 31.2. The second kappa shape index (κ2) is 61.3. The van der Waals surface area contributed by atoms with Gasteiger partial charge in [-0.3, -0.25) is 37.3 Å². The highest BCUT2D eigenvalue weighted by molar-refractivity contribution is 7.47. The van der Waals surface area contributed by atoms with Crippen LogP contribution in [0.2, 0.25) is 0 Å². The lowest BCUT2D eigenvalue weighted by molar-refractivity contribution is -0.161. The minimum atomic E-state index is -4.95. The van der Waals surface area contributed by atoms with Crippen LogP contribution < -0.4 is 0 Å². The third-order valence-electron chi connectivity index (χ3n) is 16.3. The first-order chi connectivity index (χ1) is 42.4. The maximum atomic E-state index is 13.0. The van der Waals surface area contributed by atoms with Gasteiger partial charge in [0.25, 0.3) is 0 Å². The Morgan fingerprint density at radius 3 is 0.864 bits per heavy atom. The van der Waals surface area contributed by atoms with Gasteiger partial charge in [0, 0.05) is 25.7 Å². The Bertz CT molecular complexity index is 1720. The molecule has 0 aromatic rings. The summed E-state index contributed by atoms with van der Waals surface area (Å²) in [5, 5.41) is 10.5. The van der Waals surface area contributed by atoms with Crippen molar-refractivity contribution in [3.63, 3.8) is 0 Å². The van der Waals surface area contributed by atoms with Gasteiger partial charge < -0.3 is 33.8 Å². The summed E-state index contributed by atoms with van der Waals surface area (Å²) in [7, 11) is -9.89. The molecular formula is C69H134O17P2. The number of phosphoric acid groups is 2. The van der Waals surface area contributed by atoms with Crippen LogP contribution >= 0.6 is 15.6 Å². The van der Waals surface area contributed by atoms with E-state index in [2.05, 4.69) is 41.5 Å². The van der Waals surface area contributed by atoms with Crippen LogP contribution in [0, 0.1) is 11.8 Å². The lowest BCUT2D eigenvalue weighted by atomic mass is 9.99. The van der Waals surface area contributed by atoms with E-state index in [0.717, 1.165) is 102 Å². The Labute approximate surface area is 537 Å². The summed E-state index contributed by atoms with van der Waals surface area (Å²) in [4.78, 5) is 72.2. The summed E-state index contributed by atoms with van der Waals surface area (Å²) in [5.74, 6) is -0.596. The fourth-order valence-electron chi connectivity index (χ4n) is 10.4. The van der Waals surface area contributed by atoms with E-state index in [-0.39, 0.29) is 25.7 Å². The summed E-state index contributed by atoms with van der Waals surface area (Å²) in [6, 6.07) is 0. The van der Waals surface area contributed by atoms with Crippen LogP contribution in [0.1, 0.15) is 350 Å². The van der Waals surface area contributed by atoms with Crippen molar-refractivity contribution in [1.29, 1.82) is 0 Å². The molecule has 0 radical (unpaired) electrons. The summed E-state index contributed by atoms with van der Waals surface area (Å²) in [6.07, 6.45) is 46.3. The number of hydrogen-bond acceptors (Lipinski definition) is 15. The van der Waals surface area contributed by atoms with Gasteiger partial charge in [0.1, 0.15) is 19.3 Å². The maximum Gasteiger partial charge on any atom is 0.472 e. The smallest absolute Gasteiger partial charge is 0.462 e. The molecule has 0 aliphatic rings. The first-order valence-electron chi connectivity index (χ1n) is 36.0. The first kappa shape index (κ1) is 86.1. The average Bonchev–Trinajstić information content (AvgIpc) is 3.62. The number of aliphatic hydroxyl groups is 1. The van der Waals surface area contributed by atoms with Gasteiger partial charge in [-0.2, -0.15) is 0 Å². The number of phosphoric ester groups is 2. The van der Waals surface area contributed by atoms with Gasteiger partial charge in [-0.1, -0.05) is 298 Å². The summed E-state index contributed by atoms with van der Waals surface area (Å²) in [6.45, 7) is 9.44. The van der Waals surface area contributed by atoms with E-state index in [0.29, 0.717) is 31.6 Å². The largest absolute Gasteiger partial charge is 0.472 e. The van der Waals surface area contributed by atoms with Crippen molar-refractivity contribution < 1.29 is 80.2 Å². The predicted octanol–water partition coefficient (Wildman–Crippen LogP) is 19.6. The molecule has 0 fully saturated rings. The molecule has 0 aliphatic heterocycles. The van der Waals surface area contributed by atoms with Crippen LogP contribution in [0.15, 0.2) is 0 Å². The molecule has 0 rings (SSSR count). The second-order valence-corrected chi connectivity index (χ2v) is 28.5. The topological polar surface area (TPSA) is 237 Å². The van der Waals surface area contributed by atoms with E-state index < -0.39 is 97.5 Å². The number of carbonyl (C=O) groups excluding carboxylic acids is 4. The van der Waals surface area contributed by atoms with Crippen molar-refractivity contribution in [1.82, 2.24) is 0 Å². The highest BCUT2D eigenvalue weighted by Gasteiger charge is 2.30. The van der Waals surface area contributed by atoms with Crippen LogP contribution in [0.5, 0.6) is 0 Å². The molecule has 0 aliphatic carbocycles. The third kappa shape index (κ3) is 61.6. The fourth-order valence-corrected chi connectivity index (χ4v) is 12.0. The first-order valence-corrected chi connectivity index (χ1v) is 39.0. The lowest BCUT2D eigenvalue weighted by Gasteiger charge is -2.21. The quantitative estimate of drug-likeness (QED) is 0.0222. The second-order valence-electron chi connectivity index (χ2n) is 25.6. The van der Waals surface area contributed by atoms with E-state index in [9.17, 15) is 43.2 Å². The molecule has 3 N–H and O–H groups in total. The molecule has 0 aromatic heterocycles. The molecule has 19 heteroatoms. The van der Waals surface area contributed by atoms with Crippen molar-refractivity contribution in [2.75, 3.05) is 39.6 Å². The zero-order chi connectivity index (χ0) is 65.0. The molecule has 88 heavy (non-hydrogen) atoms. The van der Waals surface area contributed by atoms with Gasteiger partial charge in [0.2, 0.25) is 0 Å². The number of ether oxygens (including phenoxy) is 4. The molecule has 17 nitrogen and oxygen atoms in total. The van der Waals surface area contributed by atoms with Gasteiger partial charge in [0.15, 0.2) is 12.2 Å². The van der Waals surface area contributed by atoms with Crippen molar-refractivity contribution in [3.8, 4) is 0 Å². The number of carbonyl (C=O) groups is 4. The predicted molar refractivity (Wildman–Crippen MR) is 354 cm³/mol. The van der Waals surface area contributed by atoms with E-state index in [4.69, 9.17) is 37.0 Å². The van der Waals surface area contributed by atoms with Crippen molar-refractivity contribution >= 4 is 39.5 Å². The minimum absolute atomic E-state index is 0.103. The zero-order valence-electron chi connectivity index (χ0n) is 57.0. The molecule has 0 saturated heterocycles. The minimum Gasteiger partial charge on any atom is -0.462 e. The van der Waals surface area contributed by atoms with Gasteiger partial charge in [-0.05, 0) is 37.5 Å². The summed E-state index contributed by atoms with van der Waals surface area (Å²) < 4.78 is 68.0. The monoisotopic (exact) mass is 1300 g/mol. The summed E-state index contributed by atoms with van der Waals surface area (Å²) >= 11 is 0. The normalized spacial score (nSPS) is 14.5. The van der Waals surface area contributed by atoms with Crippen molar-refractivity contribution in [2.45, 2.75) is 368 Å². The van der Waals surface area contributed by atoms with Gasteiger partial charge in [-0.25, -0.2) is 9.13 Å². The standard InChI is InChI=1S/C69H134O17P2/c1-7-10-12-14-15-16-17-18-19-23-26-29-34-40-46-52-67(72)80-58-65(86-68(73)53-47-41-35-30-27-24-21-20-22-25-28-33-39-44-50-62(6)9-3)60-84-88(77,78)82-56-63(70)55-81-87(75,76)83-59-64(57-79-66(71)51-45-37-13-11-8-2)85-69(74)54-48-42-36-31-32-38-43-49-61(4)5/h61-65,70H,7-60H2,1-6H3,(H,75,76)(H,77,78)/t62?,63-,64+,65+/m0/s1. The van der Waals surface area contributed by atoms with Crippen molar-refractivity contribution in [3.05, 3.63) is 0 Å². The molecule has 0 spiro atoms. The number of aliphatic hydroxyl groups excluding tert-OH is 1. The number of esters is 4. The molecule has 0 aromatic carbocycles. The fraction of sp³-hybridized carbons (Fsp3) is 0.942. The van der Waals surface area contributed by atoms with E-state index in [1.54, 1.807) is 0 Å². The molecular weight excluding hydrogens is 1160 g/mol. The van der Waals surface area contributed by atoms with Crippen LogP contribution in [0.3, 0.4) is 0 Å². The third-order valence-corrected chi connectivity index (χ3v) is 18.2. The Morgan fingerprint density at radius 2 is 0.580 bits per heavy atom. The van der Waals surface area contributed by atoms with Crippen LogP contribution in [-0.4, -0.2) is 96.7 Å². The Hall–Kier alpha value is -1.94. The molecule has 6 atom stereocenters. The number of hydrogen-bond donors (Lipinski definition) is 3. The average molecular weight is 1300 g/mol. The summed E-state index contributed by atoms with van der Waals surface area (Å²) in [5.41, 5.74) is 0. The molecule has 0 saturated carbocycles. The lowest BCUT2D eigenvalue weighted by Crippen LogP contribution is -2.30. The SMILES string of the molecule is CCCCCCCCCCCCCCCCCC(=O)OC[C@H](COP(=O)(O)OC[C@@H](O)COP(=O)(O)OC[C@@H](COC(=O)CCCCCCC)OC(=O)CCCCCCCCCC(C)C)OC(=O)CCCCCCCCCCCCCCCCC(C)CC. The maximum absolute atomic E-state index is 13.0. The molecule has 0 bridgehead atoms. The molecule has 3 unspecified atom stereocenters. The Balaban J connectivity index is 5.16. The number of rotatable bonds is 68. The zero-order valence-corrected chi connectivity index (χ0v) is 58.8. The van der Waals surface area contributed by atoms with Crippen molar-refractivity contribution in [2.24, 2.45) is 11.8 Å². The van der Waals surface area contributed by atoms with E-state index >= 15 is 0 Å². The van der Waals surface area contributed by atoms with Crippen LogP contribution in [-0.2, 0) is 65.4 Å². The van der Waals surface area contributed by atoms with Gasteiger partial charge in [-0.15, -0.1) is 0 Å². The van der Waals surface area contributed by atoms with Gasteiger partial charge in [0.05, 0.1) is 26.4 Å². The highest BCUT2D eigenvalue weighted by Crippen LogP contribution is 2.45. The van der Waals surface area contributed by atoms with E-state index in [1.807, 2.05) is 0 Å². The Morgan fingerprint density at radius 1 is 0.330 bits per heavy atom. The molecule has 0 amide bonds. The van der Waals surface area contributed by atoms with Gasteiger partial charge >= 0.3 is 39.5 Å². The molecule has 0 heterocycles.